The van der Waals surface area contributed by atoms with Gasteiger partial charge >= 0.3 is 12.0 Å². The molecule has 0 radical (unpaired) electrons. The number of ether oxygens (including phenoxy) is 4. The molecule has 0 bridgehead atoms. The minimum Gasteiger partial charge on any atom is -0.473 e. The molecule has 1 fully saturated rings. The molecule has 8 nitrogen and oxygen atoms in total. The molecule has 1 saturated heterocycles. The van der Waals surface area contributed by atoms with Crippen LogP contribution in [0.2, 0.25) is 0 Å². The van der Waals surface area contributed by atoms with Gasteiger partial charge in [-0.05, 0) is 86.3 Å². The number of benzene rings is 3. The number of esters is 1. The van der Waals surface area contributed by atoms with Crippen molar-refractivity contribution in [2.45, 2.75) is 45.9 Å². The number of aromatic nitrogens is 3. The van der Waals surface area contributed by atoms with Crippen LogP contribution in [0.5, 0.6) is 17.6 Å². The second kappa shape index (κ2) is 12.0. The van der Waals surface area contributed by atoms with Gasteiger partial charge in [0.1, 0.15) is 12.4 Å². The third-order valence-electron chi connectivity index (χ3n) is 7.50. The highest BCUT2D eigenvalue weighted by Gasteiger charge is 2.22. The van der Waals surface area contributed by atoms with E-state index in [1.54, 1.807) is 12.1 Å². The van der Waals surface area contributed by atoms with Crippen LogP contribution in [0.4, 0.5) is 0 Å². The molecule has 8 heteroatoms. The van der Waals surface area contributed by atoms with Gasteiger partial charge in [-0.15, -0.1) is 0 Å². The Hall–Kier alpha value is -4.69. The Morgan fingerprint density at radius 3 is 2.62 bits per heavy atom. The van der Waals surface area contributed by atoms with Gasteiger partial charge in [0, 0.05) is 18.2 Å². The number of rotatable bonds is 9. The van der Waals surface area contributed by atoms with Crippen LogP contribution < -0.4 is 9.47 Å². The lowest BCUT2D eigenvalue weighted by atomic mass is 10.1. The molecular weight excluding hydrogens is 530 g/mol. The van der Waals surface area contributed by atoms with Gasteiger partial charge in [0.15, 0.2) is 0 Å². The number of nitrogens with zero attached hydrogens (tertiary/aromatic N) is 3. The van der Waals surface area contributed by atoms with E-state index in [4.69, 9.17) is 28.9 Å². The molecular formula is C34H33N3O5. The summed E-state index contributed by atoms with van der Waals surface area (Å²) in [4.78, 5) is 21.6. The zero-order chi connectivity index (χ0) is 29.1. The number of hydrogen-bond donors (Lipinski definition) is 0. The van der Waals surface area contributed by atoms with Gasteiger partial charge in [0.2, 0.25) is 5.88 Å². The number of methoxy groups -OCH3 is 1. The number of imidazole rings is 1. The van der Waals surface area contributed by atoms with Gasteiger partial charge in [-0.3, -0.25) is 4.57 Å². The Kier molecular flexibility index (Phi) is 7.88. The molecule has 0 aliphatic carbocycles. The molecule has 0 amide bonds. The fourth-order valence-electron chi connectivity index (χ4n) is 5.21. The minimum absolute atomic E-state index is 0.0596. The maximum absolute atomic E-state index is 12.2. The van der Waals surface area contributed by atoms with Crippen LogP contribution in [-0.4, -0.2) is 40.3 Å². The van der Waals surface area contributed by atoms with Crippen molar-refractivity contribution in [2.75, 3.05) is 13.7 Å². The number of pyridine rings is 1. The lowest BCUT2D eigenvalue weighted by molar-refractivity contribution is 0.0601. The third kappa shape index (κ3) is 5.99. The summed E-state index contributed by atoms with van der Waals surface area (Å²) >= 11 is 0. The summed E-state index contributed by atoms with van der Waals surface area (Å²) < 4.78 is 25.1. The van der Waals surface area contributed by atoms with Crippen LogP contribution >= 0.6 is 0 Å². The lowest BCUT2D eigenvalue weighted by Crippen LogP contribution is -2.15. The fourth-order valence-corrected chi connectivity index (χ4v) is 5.21. The van der Waals surface area contributed by atoms with Crippen molar-refractivity contribution in [2.24, 2.45) is 0 Å². The first-order valence-electron chi connectivity index (χ1n) is 14.1. The van der Waals surface area contributed by atoms with Crippen LogP contribution in [-0.2, 0) is 22.6 Å². The van der Waals surface area contributed by atoms with Crippen molar-refractivity contribution in [1.29, 1.82) is 0 Å². The molecule has 2 aromatic heterocycles. The maximum atomic E-state index is 12.2. The van der Waals surface area contributed by atoms with E-state index in [9.17, 15) is 4.79 Å². The number of carbonyl (C=O) groups is 1. The van der Waals surface area contributed by atoms with Crippen molar-refractivity contribution in [1.82, 2.24) is 14.5 Å². The summed E-state index contributed by atoms with van der Waals surface area (Å²) in [5.74, 6) is 0.813. The van der Waals surface area contributed by atoms with Gasteiger partial charge < -0.3 is 18.9 Å². The summed E-state index contributed by atoms with van der Waals surface area (Å²) in [6.45, 7) is 5.96. The van der Waals surface area contributed by atoms with Crippen molar-refractivity contribution in [3.05, 3.63) is 101 Å². The Bertz CT molecular complexity index is 1720. The smallest absolute Gasteiger partial charge is 0.337 e. The number of carbonyl (C=O) groups excluding carboxylic acids is 1. The molecule has 0 spiro atoms. The highest BCUT2D eigenvalue weighted by atomic mass is 16.5. The summed E-state index contributed by atoms with van der Waals surface area (Å²) in [5, 5.41) is 0. The fraction of sp³-hybridized carbons (Fsp3) is 0.265. The van der Waals surface area contributed by atoms with Gasteiger partial charge in [-0.1, -0.05) is 29.8 Å². The SMILES string of the molecule is COC(=O)c1ccc2nc(Oc3ccc(-c4cccc(OCc5ccc(C)cc5C)n4)cc3)n(CC3CCCO3)c2c1. The van der Waals surface area contributed by atoms with Crippen LogP contribution in [0.3, 0.4) is 0 Å². The molecule has 6 rings (SSSR count). The van der Waals surface area contributed by atoms with Crippen LogP contribution in [0.1, 0.15) is 39.9 Å². The highest BCUT2D eigenvalue weighted by molar-refractivity contribution is 5.93. The van der Waals surface area contributed by atoms with E-state index in [1.807, 2.05) is 53.1 Å². The molecule has 0 N–H and O–H groups in total. The van der Waals surface area contributed by atoms with E-state index < -0.39 is 5.97 Å². The van der Waals surface area contributed by atoms with Crippen LogP contribution in [0.25, 0.3) is 22.3 Å². The van der Waals surface area contributed by atoms with E-state index >= 15 is 0 Å². The summed E-state index contributed by atoms with van der Waals surface area (Å²) in [7, 11) is 1.37. The van der Waals surface area contributed by atoms with Crippen molar-refractivity contribution in [3.63, 3.8) is 0 Å². The number of aryl methyl sites for hydroxylation is 2. The molecule has 1 aliphatic rings. The van der Waals surface area contributed by atoms with Crippen molar-refractivity contribution in [3.8, 4) is 28.9 Å². The van der Waals surface area contributed by atoms with Crippen LogP contribution in [0, 0.1) is 13.8 Å². The molecule has 3 aromatic carbocycles. The Morgan fingerprint density at radius 2 is 1.86 bits per heavy atom. The van der Waals surface area contributed by atoms with Gasteiger partial charge in [0.25, 0.3) is 0 Å². The molecule has 1 unspecified atom stereocenters. The summed E-state index contributed by atoms with van der Waals surface area (Å²) in [6, 6.07) is 25.6. The molecule has 1 atom stereocenters. The van der Waals surface area contributed by atoms with Gasteiger partial charge in [-0.25, -0.2) is 9.78 Å². The number of hydrogen-bond acceptors (Lipinski definition) is 7. The maximum Gasteiger partial charge on any atom is 0.337 e. The summed E-state index contributed by atoms with van der Waals surface area (Å²) in [5.41, 5.74) is 7.31. The zero-order valence-electron chi connectivity index (χ0n) is 24.0. The largest absolute Gasteiger partial charge is 0.473 e. The summed E-state index contributed by atoms with van der Waals surface area (Å²) in [6.07, 6.45) is 2.04. The van der Waals surface area contributed by atoms with E-state index in [2.05, 4.69) is 32.0 Å². The van der Waals surface area contributed by atoms with E-state index in [-0.39, 0.29) is 6.10 Å². The first-order chi connectivity index (χ1) is 20.5. The first kappa shape index (κ1) is 27.5. The Balaban J connectivity index is 1.21. The average Bonchev–Trinajstić information content (AvgIpc) is 3.64. The standard InChI is InChI=1S/C34H33N3O5/c1-22-9-10-26(23(2)18-22)21-41-32-8-4-7-29(35-32)24-11-14-27(15-12-24)42-34-36-30-16-13-25(33(38)39-3)19-31(30)37(34)20-28-6-5-17-40-28/h4,7-16,18-19,28H,5-6,17,20-21H2,1-3H3. The minimum atomic E-state index is -0.395. The van der Waals surface area contributed by atoms with Crippen molar-refractivity contribution < 1.29 is 23.7 Å². The van der Waals surface area contributed by atoms with Crippen molar-refractivity contribution >= 4 is 17.0 Å². The predicted molar refractivity (Wildman–Crippen MR) is 160 cm³/mol. The molecule has 5 aromatic rings. The quantitative estimate of drug-likeness (QED) is 0.178. The van der Waals surface area contributed by atoms with Gasteiger partial charge in [-0.2, -0.15) is 4.98 Å². The van der Waals surface area contributed by atoms with E-state index in [1.165, 1.54) is 18.2 Å². The number of fused-ring (bicyclic) bond motifs is 1. The first-order valence-corrected chi connectivity index (χ1v) is 14.1. The second-order valence-corrected chi connectivity index (χ2v) is 10.5. The predicted octanol–water partition coefficient (Wildman–Crippen LogP) is 7.05. The molecule has 1 aliphatic heterocycles. The van der Waals surface area contributed by atoms with E-state index in [0.717, 1.165) is 47.3 Å². The van der Waals surface area contributed by atoms with Gasteiger partial charge in [0.05, 0.1) is 42.0 Å². The van der Waals surface area contributed by atoms with E-state index in [0.29, 0.717) is 36.4 Å². The topological polar surface area (TPSA) is 84.7 Å². The molecule has 214 valence electrons. The molecule has 42 heavy (non-hydrogen) atoms. The Labute approximate surface area is 244 Å². The highest BCUT2D eigenvalue weighted by Crippen LogP contribution is 2.30. The monoisotopic (exact) mass is 563 g/mol. The normalized spacial score (nSPS) is 14.7. The van der Waals surface area contributed by atoms with Crippen LogP contribution in [0.15, 0.2) is 78.9 Å². The third-order valence-corrected chi connectivity index (χ3v) is 7.50. The lowest BCUT2D eigenvalue weighted by Gasteiger charge is -2.14. The second-order valence-electron chi connectivity index (χ2n) is 10.5. The molecule has 0 saturated carbocycles. The zero-order valence-corrected chi connectivity index (χ0v) is 24.0. The molecule has 3 heterocycles. The Morgan fingerprint density at radius 1 is 1.00 bits per heavy atom. The average molecular weight is 564 g/mol.